The zero-order chi connectivity index (χ0) is 12.7. The van der Waals surface area contributed by atoms with Gasteiger partial charge in [0.05, 0.1) is 0 Å². The van der Waals surface area contributed by atoms with Gasteiger partial charge in [0, 0.05) is 17.3 Å². The molecule has 2 aliphatic rings. The maximum absolute atomic E-state index is 3.93. The van der Waals surface area contributed by atoms with Crippen molar-refractivity contribution >= 4 is 11.8 Å². The van der Waals surface area contributed by atoms with Crippen molar-refractivity contribution in [1.29, 1.82) is 0 Å². The Bertz CT molecular complexity index is 215. The van der Waals surface area contributed by atoms with Gasteiger partial charge in [-0.2, -0.15) is 11.8 Å². The van der Waals surface area contributed by atoms with Crippen LogP contribution in [0.25, 0.3) is 0 Å². The van der Waals surface area contributed by atoms with Gasteiger partial charge in [-0.3, -0.25) is 0 Å². The van der Waals surface area contributed by atoms with Crippen molar-refractivity contribution in [3.05, 3.63) is 0 Å². The van der Waals surface area contributed by atoms with E-state index in [1.807, 2.05) is 0 Å². The standard InChI is InChI=1S/C16H31NS/c1-18-16(12-8-5-9-13-16)14-17-15-10-6-3-2-4-7-11-15/h15,17H,2-14H2,1H3. The minimum atomic E-state index is 0.570. The topological polar surface area (TPSA) is 12.0 Å². The average molecular weight is 269 g/mol. The lowest BCUT2D eigenvalue weighted by atomic mass is 9.87. The van der Waals surface area contributed by atoms with Crippen LogP contribution in [0.3, 0.4) is 0 Å². The first-order valence-corrected chi connectivity index (χ1v) is 9.36. The van der Waals surface area contributed by atoms with Gasteiger partial charge in [-0.15, -0.1) is 0 Å². The quantitative estimate of drug-likeness (QED) is 0.790. The number of thioether (sulfide) groups is 1. The fourth-order valence-electron chi connectivity index (χ4n) is 3.64. The molecule has 1 nitrogen and oxygen atoms in total. The Balaban J connectivity index is 1.76. The second kappa shape index (κ2) is 7.79. The minimum Gasteiger partial charge on any atom is -0.313 e. The van der Waals surface area contributed by atoms with Gasteiger partial charge in [-0.1, -0.05) is 51.4 Å². The van der Waals surface area contributed by atoms with Gasteiger partial charge in [0.25, 0.3) is 0 Å². The first-order chi connectivity index (χ1) is 8.85. The molecule has 0 amide bonds. The van der Waals surface area contributed by atoms with Gasteiger partial charge < -0.3 is 5.32 Å². The molecule has 1 N–H and O–H groups in total. The largest absolute Gasteiger partial charge is 0.313 e. The molecule has 0 unspecified atom stereocenters. The minimum absolute atomic E-state index is 0.570. The van der Waals surface area contributed by atoms with Gasteiger partial charge in [0.15, 0.2) is 0 Å². The molecule has 0 spiro atoms. The van der Waals surface area contributed by atoms with Crippen LogP contribution in [0.2, 0.25) is 0 Å². The molecule has 0 aromatic rings. The summed E-state index contributed by atoms with van der Waals surface area (Å²) in [6.45, 7) is 1.26. The molecule has 0 aromatic heterocycles. The van der Waals surface area contributed by atoms with Crippen molar-refractivity contribution in [3.63, 3.8) is 0 Å². The van der Waals surface area contributed by atoms with E-state index < -0.39 is 0 Å². The third kappa shape index (κ3) is 4.45. The van der Waals surface area contributed by atoms with Crippen molar-refractivity contribution in [3.8, 4) is 0 Å². The predicted octanol–water partition coefficient (Wildman–Crippen LogP) is 4.75. The highest BCUT2D eigenvalue weighted by atomic mass is 32.2. The van der Waals surface area contributed by atoms with Crippen molar-refractivity contribution in [2.24, 2.45) is 0 Å². The molecular formula is C16H31NS. The van der Waals surface area contributed by atoms with E-state index in [1.54, 1.807) is 0 Å². The van der Waals surface area contributed by atoms with Crippen molar-refractivity contribution in [2.45, 2.75) is 87.8 Å². The summed E-state index contributed by atoms with van der Waals surface area (Å²) in [6, 6.07) is 0.816. The Hall–Kier alpha value is 0.310. The van der Waals surface area contributed by atoms with E-state index in [-0.39, 0.29) is 0 Å². The predicted molar refractivity (Wildman–Crippen MR) is 83.4 cm³/mol. The van der Waals surface area contributed by atoms with Crippen LogP contribution < -0.4 is 5.32 Å². The number of rotatable bonds is 4. The Labute approximate surface area is 118 Å². The molecule has 2 heteroatoms. The van der Waals surface area contributed by atoms with Gasteiger partial charge in [0.1, 0.15) is 0 Å². The number of hydrogen-bond acceptors (Lipinski definition) is 2. The summed E-state index contributed by atoms with van der Waals surface area (Å²) in [5.74, 6) is 0. The lowest BCUT2D eigenvalue weighted by Crippen LogP contribution is -2.43. The smallest absolute Gasteiger partial charge is 0.0281 e. The van der Waals surface area contributed by atoms with Crippen LogP contribution >= 0.6 is 11.8 Å². The Morgan fingerprint density at radius 3 is 2.06 bits per heavy atom. The molecule has 0 bridgehead atoms. The van der Waals surface area contributed by atoms with Crippen LogP contribution in [0, 0.1) is 0 Å². The van der Waals surface area contributed by atoms with Crippen LogP contribution in [-0.4, -0.2) is 23.6 Å². The van der Waals surface area contributed by atoms with Gasteiger partial charge in [-0.25, -0.2) is 0 Å². The molecular weight excluding hydrogens is 238 g/mol. The molecule has 0 saturated heterocycles. The average Bonchev–Trinajstić information content (AvgIpc) is 2.38. The Morgan fingerprint density at radius 1 is 0.889 bits per heavy atom. The normalized spacial score (nSPS) is 26.5. The number of hydrogen-bond donors (Lipinski definition) is 1. The van der Waals surface area contributed by atoms with Crippen molar-refractivity contribution in [2.75, 3.05) is 12.8 Å². The molecule has 0 aliphatic heterocycles. The van der Waals surface area contributed by atoms with E-state index in [1.165, 1.54) is 83.6 Å². The second-order valence-electron chi connectivity index (χ2n) is 6.37. The highest BCUT2D eigenvalue weighted by Crippen LogP contribution is 2.38. The lowest BCUT2D eigenvalue weighted by molar-refractivity contribution is 0.332. The van der Waals surface area contributed by atoms with Gasteiger partial charge in [-0.05, 0) is 31.9 Å². The molecule has 106 valence electrons. The highest BCUT2D eigenvalue weighted by molar-refractivity contribution is 8.00. The summed E-state index contributed by atoms with van der Waals surface area (Å²) in [4.78, 5) is 0. The van der Waals surface area contributed by atoms with E-state index in [0.29, 0.717) is 4.75 Å². The van der Waals surface area contributed by atoms with Crippen LogP contribution in [0.15, 0.2) is 0 Å². The maximum atomic E-state index is 3.93. The first-order valence-electron chi connectivity index (χ1n) is 8.13. The Kier molecular flexibility index (Phi) is 6.37. The summed E-state index contributed by atoms with van der Waals surface area (Å²) >= 11 is 2.13. The highest BCUT2D eigenvalue weighted by Gasteiger charge is 2.31. The van der Waals surface area contributed by atoms with Crippen molar-refractivity contribution < 1.29 is 0 Å². The lowest BCUT2D eigenvalue weighted by Gasteiger charge is -2.37. The zero-order valence-corrected chi connectivity index (χ0v) is 13.0. The van der Waals surface area contributed by atoms with Gasteiger partial charge >= 0.3 is 0 Å². The summed E-state index contributed by atoms with van der Waals surface area (Å²) < 4.78 is 0.570. The second-order valence-corrected chi connectivity index (χ2v) is 7.65. The maximum Gasteiger partial charge on any atom is 0.0281 e. The zero-order valence-electron chi connectivity index (χ0n) is 12.2. The molecule has 0 radical (unpaired) electrons. The van der Waals surface area contributed by atoms with E-state index in [9.17, 15) is 0 Å². The van der Waals surface area contributed by atoms with Crippen molar-refractivity contribution in [1.82, 2.24) is 5.32 Å². The van der Waals surface area contributed by atoms with Crippen LogP contribution in [0.1, 0.15) is 77.0 Å². The van der Waals surface area contributed by atoms with Gasteiger partial charge in [0.2, 0.25) is 0 Å². The summed E-state index contributed by atoms with van der Waals surface area (Å²) in [5.41, 5.74) is 0. The Morgan fingerprint density at radius 2 is 1.44 bits per heavy atom. The molecule has 2 rings (SSSR count). The van der Waals surface area contributed by atoms with Crippen LogP contribution in [0.4, 0.5) is 0 Å². The molecule has 2 fully saturated rings. The molecule has 0 heterocycles. The molecule has 2 saturated carbocycles. The van der Waals surface area contributed by atoms with Crippen LogP contribution in [-0.2, 0) is 0 Å². The summed E-state index contributed by atoms with van der Waals surface area (Å²) in [5, 5.41) is 3.93. The van der Waals surface area contributed by atoms with E-state index in [0.717, 1.165) is 6.04 Å². The van der Waals surface area contributed by atoms with E-state index in [4.69, 9.17) is 0 Å². The molecule has 0 aromatic carbocycles. The summed E-state index contributed by atoms with van der Waals surface area (Å²) in [6.07, 6.45) is 19.7. The number of nitrogens with one attached hydrogen (secondary N) is 1. The molecule has 18 heavy (non-hydrogen) atoms. The fraction of sp³-hybridized carbons (Fsp3) is 1.00. The summed E-state index contributed by atoms with van der Waals surface area (Å²) in [7, 11) is 0. The van der Waals surface area contributed by atoms with E-state index in [2.05, 4.69) is 23.3 Å². The van der Waals surface area contributed by atoms with Crippen LogP contribution in [0.5, 0.6) is 0 Å². The monoisotopic (exact) mass is 269 g/mol. The first kappa shape index (κ1) is 14.7. The molecule has 0 atom stereocenters. The molecule has 2 aliphatic carbocycles. The third-order valence-electron chi connectivity index (χ3n) is 5.02. The third-order valence-corrected chi connectivity index (χ3v) is 6.43. The SMILES string of the molecule is CSC1(CNC2CCCCCCC2)CCCCC1. The van der Waals surface area contributed by atoms with E-state index >= 15 is 0 Å². The fourth-order valence-corrected chi connectivity index (χ4v) is 4.56.